The zero-order valence-corrected chi connectivity index (χ0v) is 18.9. The molecule has 0 aliphatic rings. The highest BCUT2D eigenvalue weighted by Crippen LogP contribution is 2.34. The minimum absolute atomic E-state index is 0.502. The molecular formula is C24H27BrN2O3. The molecule has 3 aromatic rings. The number of hydrogen-bond acceptors (Lipinski definition) is 5. The van der Waals surface area contributed by atoms with Crippen LogP contribution < -0.4 is 19.5 Å². The van der Waals surface area contributed by atoms with Gasteiger partial charge < -0.3 is 19.5 Å². The van der Waals surface area contributed by atoms with Crippen molar-refractivity contribution in [2.75, 3.05) is 19.8 Å². The van der Waals surface area contributed by atoms with E-state index in [-0.39, 0.29) is 0 Å². The maximum absolute atomic E-state index is 6.08. The Labute approximate surface area is 186 Å². The molecule has 30 heavy (non-hydrogen) atoms. The normalized spacial score (nSPS) is 10.6. The Bertz CT molecular complexity index is 935. The van der Waals surface area contributed by atoms with Gasteiger partial charge in [0, 0.05) is 29.8 Å². The molecule has 1 N–H and O–H groups in total. The van der Waals surface area contributed by atoms with Crippen LogP contribution in [0.2, 0.25) is 0 Å². The number of rotatable bonds is 11. The van der Waals surface area contributed by atoms with Gasteiger partial charge in [0.25, 0.3) is 0 Å². The van der Waals surface area contributed by atoms with E-state index in [9.17, 15) is 0 Å². The number of ether oxygens (including phenoxy) is 3. The number of hydrogen-bond donors (Lipinski definition) is 1. The van der Waals surface area contributed by atoms with E-state index in [1.54, 1.807) is 6.20 Å². The Kier molecular flexibility index (Phi) is 8.53. The van der Waals surface area contributed by atoms with Crippen LogP contribution in [0.5, 0.6) is 17.4 Å². The summed E-state index contributed by atoms with van der Waals surface area (Å²) in [5, 5.41) is 3.39. The van der Waals surface area contributed by atoms with Gasteiger partial charge in [-0.25, -0.2) is 4.98 Å². The number of aryl methyl sites for hydroxylation is 1. The molecule has 0 fully saturated rings. The molecular weight excluding hydrogens is 444 g/mol. The summed E-state index contributed by atoms with van der Waals surface area (Å²) in [5.41, 5.74) is 3.47. The van der Waals surface area contributed by atoms with Crippen LogP contribution in [0.15, 0.2) is 65.3 Å². The molecule has 0 amide bonds. The van der Waals surface area contributed by atoms with Crippen LogP contribution in [0.25, 0.3) is 0 Å². The Hall–Kier alpha value is -2.57. The van der Waals surface area contributed by atoms with E-state index < -0.39 is 0 Å². The molecule has 3 rings (SSSR count). The second kappa shape index (κ2) is 11.6. The Morgan fingerprint density at radius 2 is 1.73 bits per heavy atom. The molecule has 6 heteroatoms. The van der Waals surface area contributed by atoms with Gasteiger partial charge in [-0.3, -0.25) is 0 Å². The quantitative estimate of drug-likeness (QED) is 0.385. The predicted octanol–water partition coefficient (Wildman–Crippen LogP) is 5.30. The topological polar surface area (TPSA) is 52.6 Å². The van der Waals surface area contributed by atoms with Crippen molar-refractivity contribution in [1.82, 2.24) is 10.3 Å². The summed E-state index contributed by atoms with van der Waals surface area (Å²) in [6.07, 6.45) is 1.72. The Morgan fingerprint density at radius 1 is 0.933 bits per heavy atom. The minimum atomic E-state index is 0.502. The molecule has 0 radical (unpaired) electrons. The molecule has 2 aromatic carbocycles. The van der Waals surface area contributed by atoms with Crippen molar-refractivity contribution in [2.45, 2.75) is 27.0 Å². The van der Waals surface area contributed by atoms with Crippen molar-refractivity contribution in [2.24, 2.45) is 0 Å². The molecule has 0 spiro atoms. The second-order valence-corrected chi connectivity index (χ2v) is 7.59. The van der Waals surface area contributed by atoms with E-state index >= 15 is 0 Å². The number of nitrogens with one attached hydrogen (secondary N) is 1. The van der Waals surface area contributed by atoms with Gasteiger partial charge in [-0.2, -0.15) is 0 Å². The number of halogens is 1. The Balaban J connectivity index is 1.57. The standard InChI is InChI=1S/C24H27BrN2O3/c1-3-28-22-14-20(16-26-12-13-29-24-10-6-7-11-27-24)21(25)15-23(22)30-17-19-9-5-4-8-18(19)2/h4-11,14-15,26H,3,12-13,16-17H2,1-2H3. The summed E-state index contributed by atoms with van der Waals surface area (Å²) in [5.74, 6) is 2.11. The molecule has 0 aliphatic heterocycles. The SMILES string of the molecule is CCOc1cc(CNCCOc2ccccn2)c(Br)cc1OCc1ccccc1C. The van der Waals surface area contributed by atoms with Crippen molar-refractivity contribution in [3.63, 3.8) is 0 Å². The molecule has 0 bridgehead atoms. The molecule has 158 valence electrons. The average molecular weight is 471 g/mol. The van der Waals surface area contributed by atoms with Crippen LogP contribution >= 0.6 is 15.9 Å². The smallest absolute Gasteiger partial charge is 0.213 e. The molecule has 0 unspecified atom stereocenters. The maximum atomic E-state index is 6.08. The lowest BCUT2D eigenvalue weighted by Gasteiger charge is -2.16. The molecule has 0 atom stereocenters. The van der Waals surface area contributed by atoms with E-state index in [2.05, 4.69) is 45.3 Å². The highest BCUT2D eigenvalue weighted by Gasteiger charge is 2.12. The predicted molar refractivity (Wildman–Crippen MR) is 122 cm³/mol. The first kappa shape index (κ1) is 22.1. The van der Waals surface area contributed by atoms with E-state index in [0.717, 1.165) is 27.1 Å². The van der Waals surface area contributed by atoms with Gasteiger partial charge in [-0.1, -0.05) is 46.3 Å². The number of aromatic nitrogens is 1. The van der Waals surface area contributed by atoms with Gasteiger partial charge in [0.15, 0.2) is 11.5 Å². The van der Waals surface area contributed by atoms with Crippen LogP contribution in [-0.2, 0) is 13.2 Å². The van der Waals surface area contributed by atoms with E-state index in [1.807, 2.05) is 49.4 Å². The van der Waals surface area contributed by atoms with Crippen molar-refractivity contribution in [3.8, 4) is 17.4 Å². The van der Waals surface area contributed by atoms with Gasteiger partial charge in [0.2, 0.25) is 5.88 Å². The van der Waals surface area contributed by atoms with Gasteiger partial charge >= 0.3 is 0 Å². The number of nitrogens with zero attached hydrogens (tertiary/aromatic N) is 1. The monoisotopic (exact) mass is 470 g/mol. The van der Waals surface area contributed by atoms with Crippen molar-refractivity contribution in [3.05, 3.63) is 82.0 Å². The maximum Gasteiger partial charge on any atom is 0.213 e. The molecule has 0 saturated heterocycles. The summed E-state index contributed by atoms with van der Waals surface area (Å²) in [4.78, 5) is 4.15. The van der Waals surface area contributed by atoms with E-state index in [1.165, 1.54) is 5.56 Å². The zero-order valence-electron chi connectivity index (χ0n) is 17.4. The highest BCUT2D eigenvalue weighted by molar-refractivity contribution is 9.10. The first-order valence-corrected chi connectivity index (χ1v) is 10.8. The van der Waals surface area contributed by atoms with Crippen LogP contribution in [0.3, 0.4) is 0 Å². The largest absolute Gasteiger partial charge is 0.490 e. The summed E-state index contributed by atoms with van der Waals surface area (Å²) in [6.45, 7) is 7.08. The van der Waals surface area contributed by atoms with Crippen LogP contribution in [-0.4, -0.2) is 24.7 Å². The van der Waals surface area contributed by atoms with Gasteiger partial charge in [-0.15, -0.1) is 0 Å². The lowest BCUT2D eigenvalue weighted by molar-refractivity contribution is 0.268. The van der Waals surface area contributed by atoms with Crippen LogP contribution in [0, 0.1) is 6.92 Å². The third-order valence-corrected chi connectivity index (χ3v) is 5.28. The molecule has 0 aliphatic carbocycles. The van der Waals surface area contributed by atoms with Gasteiger partial charge in [-0.05, 0) is 48.7 Å². The lowest BCUT2D eigenvalue weighted by Crippen LogP contribution is -2.21. The summed E-state index contributed by atoms with van der Waals surface area (Å²) in [7, 11) is 0. The fourth-order valence-electron chi connectivity index (χ4n) is 2.90. The average Bonchev–Trinajstić information content (AvgIpc) is 2.76. The number of pyridine rings is 1. The number of benzene rings is 2. The Morgan fingerprint density at radius 3 is 2.50 bits per heavy atom. The van der Waals surface area contributed by atoms with Crippen molar-refractivity contribution in [1.29, 1.82) is 0 Å². The minimum Gasteiger partial charge on any atom is -0.490 e. The van der Waals surface area contributed by atoms with Crippen molar-refractivity contribution >= 4 is 15.9 Å². The third-order valence-electron chi connectivity index (χ3n) is 4.54. The molecule has 1 aromatic heterocycles. The van der Waals surface area contributed by atoms with Crippen LogP contribution in [0.4, 0.5) is 0 Å². The third kappa shape index (κ3) is 6.47. The molecule has 1 heterocycles. The summed E-state index contributed by atoms with van der Waals surface area (Å²) >= 11 is 3.66. The van der Waals surface area contributed by atoms with Gasteiger partial charge in [0.05, 0.1) is 6.61 Å². The fraction of sp³-hybridized carbons (Fsp3) is 0.292. The second-order valence-electron chi connectivity index (χ2n) is 6.73. The fourth-order valence-corrected chi connectivity index (χ4v) is 3.37. The van der Waals surface area contributed by atoms with Gasteiger partial charge in [0.1, 0.15) is 13.2 Å². The highest BCUT2D eigenvalue weighted by atomic mass is 79.9. The van der Waals surface area contributed by atoms with E-state index in [0.29, 0.717) is 38.8 Å². The van der Waals surface area contributed by atoms with E-state index in [4.69, 9.17) is 14.2 Å². The molecule has 5 nitrogen and oxygen atoms in total. The molecule has 0 saturated carbocycles. The van der Waals surface area contributed by atoms with Crippen LogP contribution in [0.1, 0.15) is 23.6 Å². The summed E-state index contributed by atoms with van der Waals surface area (Å²) < 4.78 is 18.5. The first-order chi connectivity index (χ1) is 14.7. The van der Waals surface area contributed by atoms with Crippen molar-refractivity contribution < 1.29 is 14.2 Å². The summed E-state index contributed by atoms with van der Waals surface area (Å²) in [6, 6.07) is 17.8. The first-order valence-electron chi connectivity index (χ1n) is 10.0. The zero-order chi connectivity index (χ0) is 21.2. The lowest BCUT2D eigenvalue weighted by atomic mass is 10.1.